The molecule has 0 saturated heterocycles. The van der Waals surface area contributed by atoms with Crippen molar-refractivity contribution < 1.29 is 22.4 Å². The second-order valence-corrected chi connectivity index (χ2v) is 9.43. The highest BCUT2D eigenvalue weighted by Crippen LogP contribution is 2.17. The van der Waals surface area contributed by atoms with Gasteiger partial charge in [0, 0.05) is 24.2 Å². The van der Waals surface area contributed by atoms with E-state index < -0.39 is 15.8 Å². The van der Waals surface area contributed by atoms with Crippen LogP contribution in [-0.4, -0.2) is 41.8 Å². The number of aromatic nitrogens is 3. The van der Waals surface area contributed by atoms with Gasteiger partial charge in [0.25, 0.3) is 15.9 Å². The molecule has 1 aromatic heterocycles. The minimum Gasteiger partial charge on any atom is -0.354 e. The van der Waals surface area contributed by atoms with Crippen LogP contribution in [0.25, 0.3) is 0 Å². The number of benzene rings is 2. The first-order valence-electron chi connectivity index (χ1n) is 11.1. The van der Waals surface area contributed by atoms with E-state index in [1.807, 2.05) is 6.92 Å². The third kappa shape index (κ3) is 7.88. The maximum Gasteiger partial charge on any atom is 0.261 e. The third-order valence-corrected chi connectivity index (χ3v) is 6.36. The van der Waals surface area contributed by atoms with Crippen molar-refractivity contribution in [2.45, 2.75) is 44.2 Å². The van der Waals surface area contributed by atoms with E-state index in [1.165, 1.54) is 36.4 Å². The van der Waals surface area contributed by atoms with Crippen molar-refractivity contribution in [2.24, 2.45) is 0 Å². The number of amides is 2. The van der Waals surface area contributed by atoms with Gasteiger partial charge in [-0.15, -0.1) is 5.10 Å². The van der Waals surface area contributed by atoms with Gasteiger partial charge in [-0.3, -0.25) is 19.0 Å². The Hall–Kier alpha value is -3.80. The van der Waals surface area contributed by atoms with Gasteiger partial charge in [-0.2, -0.15) is 0 Å². The normalized spacial score (nSPS) is 11.1. The lowest BCUT2D eigenvalue weighted by molar-refractivity contribution is -0.121. The summed E-state index contributed by atoms with van der Waals surface area (Å²) >= 11 is 0. The van der Waals surface area contributed by atoms with E-state index >= 15 is 0 Å². The summed E-state index contributed by atoms with van der Waals surface area (Å²) < 4.78 is 41.8. The number of unbranched alkanes of at least 4 members (excludes halogenated alkanes) is 1. The Morgan fingerprint density at radius 2 is 1.74 bits per heavy atom. The van der Waals surface area contributed by atoms with Crippen LogP contribution in [0.3, 0.4) is 0 Å². The van der Waals surface area contributed by atoms with Gasteiger partial charge < -0.3 is 10.6 Å². The molecule has 10 nitrogen and oxygen atoms in total. The highest BCUT2D eigenvalue weighted by atomic mass is 32.2. The quantitative estimate of drug-likeness (QED) is 0.348. The van der Waals surface area contributed by atoms with Crippen LogP contribution in [0.4, 0.5) is 10.1 Å². The number of sulfonamides is 1. The topological polar surface area (TPSA) is 135 Å². The molecule has 3 aromatic rings. The number of halogens is 1. The predicted octanol–water partition coefficient (Wildman–Crippen LogP) is 2.45. The monoisotopic (exact) mass is 502 g/mol. The highest BCUT2D eigenvalue weighted by molar-refractivity contribution is 7.92. The number of nitrogens with zero attached hydrogens (tertiary/aromatic N) is 3. The van der Waals surface area contributed by atoms with E-state index in [1.54, 1.807) is 10.9 Å². The zero-order valence-corrected chi connectivity index (χ0v) is 20.0. The summed E-state index contributed by atoms with van der Waals surface area (Å²) in [6.07, 6.45) is 4.01. The molecule has 35 heavy (non-hydrogen) atoms. The van der Waals surface area contributed by atoms with E-state index in [-0.39, 0.29) is 28.9 Å². The summed E-state index contributed by atoms with van der Waals surface area (Å²) in [5.41, 5.74) is 1.15. The Labute approximate surface area is 203 Å². The van der Waals surface area contributed by atoms with Gasteiger partial charge in [-0.1, -0.05) is 18.6 Å². The fourth-order valence-electron chi connectivity index (χ4n) is 3.05. The van der Waals surface area contributed by atoms with Crippen LogP contribution in [-0.2, 0) is 27.9 Å². The number of rotatable bonds is 12. The van der Waals surface area contributed by atoms with Gasteiger partial charge in [0.05, 0.1) is 24.2 Å². The maximum absolute atomic E-state index is 13.0. The summed E-state index contributed by atoms with van der Waals surface area (Å²) in [5.74, 6) is -0.891. The van der Waals surface area contributed by atoms with Gasteiger partial charge in [-0.05, 0) is 55.0 Å². The van der Waals surface area contributed by atoms with Crippen LogP contribution in [0.15, 0.2) is 59.6 Å². The standard InChI is InChI=1S/C23H27FN6O4S/c1-2-3-4-22(31)25-13-14-30-16-20(27-29-30)15-26-23(32)17-5-9-19(10-6-17)28-35(33,34)21-11-7-18(24)8-12-21/h5-12,16,28H,2-4,13-15H2,1H3,(H,25,31)(H,26,32). The van der Waals surface area contributed by atoms with Crippen LogP contribution >= 0.6 is 0 Å². The lowest BCUT2D eigenvalue weighted by Crippen LogP contribution is -2.27. The zero-order valence-electron chi connectivity index (χ0n) is 19.2. The molecule has 12 heteroatoms. The second-order valence-electron chi connectivity index (χ2n) is 7.75. The molecule has 186 valence electrons. The molecule has 0 atom stereocenters. The lowest BCUT2D eigenvalue weighted by Gasteiger charge is -2.09. The molecule has 3 rings (SSSR count). The largest absolute Gasteiger partial charge is 0.354 e. The van der Waals surface area contributed by atoms with Crippen LogP contribution < -0.4 is 15.4 Å². The van der Waals surface area contributed by atoms with Crippen molar-refractivity contribution in [2.75, 3.05) is 11.3 Å². The lowest BCUT2D eigenvalue weighted by atomic mass is 10.2. The van der Waals surface area contributed by atoms with Crippen LogP contribution in [0.2, 0.25) is 0 Å². The van der Waals surface area contributed by atoms with Gasteiger partial charge in [0.1, 0.15) is 11.5 Å². The molecular formula is C23H27FN6O4S. The molecule has 0 saturated carbocycles. The van der Waals surface area contributed by atoms with Crippen molar-refractivity contribution in [3.63, 3.8) is 0 Å². The summed E-state index contributed by atoms with van der Waals surface area (Å²) in [5, 5.41) is 13.5. The summed E-state index contributed by atoms with van der Waals surface area (Å²) in [6.45, 7) is 3.09. The van der Waals surface area contributed by atoms with Crippen molar-refractivity contribution >= 4 is 27.5 Å². The van der Waals surface area contributed by atoms with E-state index in [0.717, 1.165) is 25.0 Å². The molecule has 0 spiro atoms. The summed E-state index contributed by atoms with van der Waals surface area (Å²) in [6, 6.07) is 10.3. The van der Waals surface area contributed by atoms with Crippen molar-refractivity contribution in [1.82, 2.24) is 25.6 Å². The molecule has 0 radical (unpaired) electrons. The molecule has 0 aliphatic heterocycles. The Bertz CT molecular complexity index is 1240. The number of carbonyl (C=O) groups is 2. The smallest absolute Gasteiger partial charge is 0.261 e. The van der Waals surface area contributed by atoms with E-state index in [2.05, 4.69) is 25.7 Å². The number of nitrogens with one attached hydrogen (secondary N) is 3. The summed E-state index contributed by atoms with van der Waals surface area (Å²) in [7, 11) is -3.88. The molecular weight excluding hydrogens is 475 g/mol. The molecule has 3 N–H and O–H groups in total. The van der Waals surface area contributed by atoms with Gasteiger partial charge >= 0.3 is 0 Å². The number of carbonyl (C=O) groups excluding carboxylic acids is 2. The maximum atomic E-state index is 13.0. The fourth-order valence-corrected chi connectivity index (χ4v) is 4.11. The number of hydrogen-bond acceptors (Lipinski definition) is 6. The molecule has 0 fully saturated rings. The minimum atomic E-state index is -3.88. The van der Waals surface area contributed by atoms with Crippen molar-refractivity contribution in [1.29, 1.82) is 0 Å². The van der Waals surface area contributed by atoms with Gasteiger partial charge in [0.2, 0.25) is 5.91 Å². The van der Waals surface area contributed by atoms with Crippen LogP contribution in [0, 0.1) is 5.82 Å². The highest BCUT2D eigenvalue weighted by Gasteiger charge is 2.15. The first kappa shape index (κ1) is 25.8. The van der Waals surface area contributed by atoms with Gasteiger partial charge in [-0.25, -0.2) is 12.8 Å². The Morgan fingerprint density at radius 3 is 2.43 bits per heavy atom. The fraction of sp³-hybridized carbons (Fsp3) is 0.304. The molecule has 1 heterocycles. The Kier molecular flexibility index (Phi) is 8.90. The second kappa shape index (κ2) is 12.1. The number of hydrogen-bond donors (Lipinski definition) is 3. The molecule has 0 unspecified atom stereocenters. The molecule has 0 aliphatic carbocycles. The van der Waals surface area contributed by atoms with Gasteiger partial charge in [0.15, 0.2) is 0 Å². The van der Waals surface area contributed by atoms with Crippen molar-refractivity contribution in [3.8, 4) is 0 Å². The average molecular weight is 503 g/mol. The average Bonchev–Trinajstić information content (AvgIpc) is 3.29. The molecule has 0 aliphatic rings. The van der Waals surface area contributed by atoms with Crippen molar-refractivity contribution in [3.05, 3.63) is 71.8 Å². The molecule has 2 aromatic carbocycles. The minimum absolute atomic E-state index is 0.00808. The number of anilines is 1. The van der Waals surface area contributed by atoms with E-state index in [4.69, 9.17) is 0 Å². The van der Waals surface area contributed by atoms with E-state index in [0.29, 0.717) is 30.8 Å². The first-order valence-corrected chi connectivity index (χ1v) is 12.6. The SMILES string of the molecule is CCCCC(=O)NCCn1cc(CNC(=O)c2ccc(NS(=O)(=O)c3ccc(F)cc3)cc2)nn1. The first-order chi connectivity index (χ1) is 16.8. The zero-order chi connectivity index (χ0) is 25.3. The summed E-state index contributed by atoms with van der Waals surface area (Å²) in [4.78, 5) is 24.0. The third-order valence-electron chi connectivity index (χ3n) is 4.96. The van der Waals surface area contributed by atoms with Crippen LogP contribution in [0.5, 0.6) is 0 Å². The molecule has 2 amide bonds. The van der Waals surface area contributed by atoms with Crippen LogP contribution in [0.1, 0.15) is 42.2 Å². The molecule has 0 bridgehead atoms. The predicted molar refractivity (Wildman–Crippen MR) is 127 cm³/mol. The van der Waals surface area contributed by atoms with E-state index in [9.17, 15) is 22.4 Å². The Balaban J connectivity index is 1.47. The Morgan fingerprint density at radius 1 is 1.03 bits per heavy atom.